The smallest absolute Gasteiger partial charge is 0.236 e. The molecule has 4 heteroatoms. The number of rotatable bonds is 5. The zero-order valence-electron chi connectivity index (χ0n) is 11.0. The second kappa shape index (κ2) is 4.76. The van der Waals surface area contributed by atoms with Gasteiger partial charge in [0.25, 0.3) is 0 Å². The SMILES string of the molecule is CCCc1nn(C)c(OC(C)(C)CC)c1N. The fourth-order valence-electron chi connectivity index (χ4n) is 1.45. The van der Waals surface area contributed by atoms with Crippen molar-refractivity contribution in [3.8, 4) is 5.88 Å². The van der Waals surface area contributed by atoms with E-state index >= 15 is 0 Å². The van der Waals surface area contributed by atoms with Gasteiger partial charge in [0, 0.05) is 7.05 Å². The third kappa shape index (κ3) is 2.68. The Labute approximate surface area is 97.8 Å². The first-order valence-corrected chi connectivity index (χ1v) is 5.91. The lowest BCUT2D eigenvalue weighted by molar-refractivity contribution is 0.0942. The summed E-state index contributed by atoms with van der Waals surface area (Å²) in [6, 6.07) is 0. The highest BCUT2D eigenvalue weighted by molar-refractivity contribution is 5.53. The maximum absolute atomic E-state index is 6.04. The molecular weight excluding hydrogens is 202 g/mol. The lowest BCUT2D eigenvalue weighted by atomic mass is 10.1. The first-order chi connectivity index (χ1) is 7.41. The van der Waals surface area contributed by atoms with Crippen LogP contribution in [-0.4, -0.2) is 15.4 Å². The van der Waals surface area contributed by atoms with Crippen LogP contribution in [-0.2, 0) is 13.5 Å². The highest BCUT2D eigenvalue weighted by atomic mass is 16.5. The molecule has 0 aliphatic carbocycles. The van der Waals surface area contributed by atoms with Crippen LogP contribution >= 0.6 is 0 Å². The number of aryl methyl sites for hydroxylation is 2. The maximum atomic E-state index is 6.04. The average molecular weight is 225 g/mol. The standard InChI is InChI=1S/C12H23N3O/c1-6-8-9-10(13)11(15(5)14-9)16-12(3,4)7-2/h6-8,13H2,1-5H3. The summed E-state index contributed by atoms with van der Waals surface area (Å²) in [7, 11) is 1.87. The van der Waals surface area contributed by atoms with Crippen LogP contribution in [0, 0.1) is 0 Å². The van der Waals surface area contributed by atoms with Gasteiger partial charge in [-0.3, -0.25) is 0 Å². The van der Waals surface area contributed by atoms with Crippen molar-refractivity contribution >= 4 is 5.69 Å². The molecule has 1 aromatic heterocycles. The number of ether oxygens (including phenoxy) is 1. The lowest BCUT2D eigenvalue weighted by Gasteiger charge is -2.24. The zero-order valence-corrected chi connectivity index (χ0v) is 11.0. The maximum Gasteiger partial charge on any atom is 0.236 e. The highest BCUT2D eigenvalue weighted by Gasteiger charge is 2.22. The Hall–Kier alpha value is -1.19. The number of nitrogen functional groups attached to an aromatic ring is 1. The molecule has 4 nitrogen and oxygen atoms in total. The molecule has 0 spiro atoms. The molecule has 0 atom stereocenters. The van der Waals surface area contributed by atoms with E-state index in [2.05, 4.69) is 32.8 Å². The average Bonchev–Trinajstić information content (AvgIpc) is 2.47. The normalized spacial score (nSPS) is 11.8. The quantitative estimate of drug-likeness (QED) is 0.837. The highest BCUT2D eigenvalue weighted by Crippen LogP contribution is 2.29. The molecule has 0 amide bonds. The van der Waals surface area contributed by atoms with Crippen molar-refractivity contribution in [2.45, 2.75) is 52.6 Å². The number of nitrogens with zero attached hydrogens (tertiary/aromatic N) is 2. The van der Waals surface area contributed by atoms with Crippen molar-refractivity contribution in [3.05, 3.63) is 5.69 Å². The Bertz CT molecular complexity index is 355. The summed E-state index contributed by atoms with van der Waals surface area (Å²) in [5.41, 5.74) is 7.46. The van der Waals surface area contributed by atoms with Crippen molar-refractivity contribution in [3.63, 3.8) is 0 Å². The number of aromatic nitrogens is 2. The van der Waals surface area contributed by atoms with Crippen molar-refractivity contribution in [2.75, 3.05) is 5.73 Å². The Morgan fingerprint density at radius 2 is 2.00 bits per heavy atom. The molecule has 0 fully saturated rings. The van der Waals surface area contributed by atoms with E-state index in [1.54, 1.807) is 4.68 Å². The van der Waals surface area contributed by atoms with Gasteiger partial charge in [0.2, 0.25) is 5.88 Å². The van der Waals surface area contributed by atoms with Crippen molar-refractivity contribution in [1.82, 2.24) is 9.78 Å². The second-order valence-electron chi connectivity index (χ2n) is 4.75. The molecule has 0 aromatic carbocycles. The van der Waals surface area contributed by atoms with Crippen LogP contribution in [0.25, 0.3) is 0 Å². The first-order valence-electron chi connectivity index (χ1n) is 5.91. The Morgan fingerprint density at radius 1 is 1.38 bits per heavy atom. The molecule has 0 aliphatic rings. The molecule has 1 heterocycles. The van der Waals surface area contributed by atoms with Crippen LogP contribution in [0.1, 0.15) is 46.2 Å². The predicted molar refractivity (Wildman–Crippen MR) is 66.6 cm³/mol. The van der Waals surface area contributed by atoms with Crippen molar-refractivity contribution < 1.29 is 4.74 Å². The van der Waals surface area contributed by atoms with Crippen LogP contribution in [0.2, 0.25) is 0 Å². The largest absolute Gasteiger partial charge is 0.470 e. The number of hydrogen-bond donors (Lipinski definition) is 1. The third-order valence-corrected chi connectivity index (χ3v) is 2.82. The van der Waals surface area contributed by atoms with Gasteiger partial charge in [0.05, 0.1) is 5.69 Å². The molecule has 0 bridgehead atoms. The van der Waals surface area contributed by atoms with E-state index in [9.17, 15) is 0 Å². The van der Waals surface area contributed by atoms with Gasteiger partial charge in [-0.05, 0) is 26.7 Å². The van der Waals surface area contributed by atoms with Gasteiger partial charge in [0.15, 0.2) is 0 Å². The third-order valence-electron chi connectivity index (χ3n) is 2.82. The van der Waals surface area contributed by atoms with E-state index in [-0.39, 0.29) is 5.60 Å². The van der Waals surface area contributed by atoms with E-state index in [4.69, 9.17) is 10.5 Å². The van der Waals surface area contributed by atoms with Crippen molar-refractivity contribution in [2.24, 2.45) is 7.05 Å². The van der Waals surface area contributed by atoms with Gasteiger partial charge >= 0.3 is 0 Å². The minimum absolute atomic E-state index is 0.203. The van der Waals surface area contributed by atoms with Gasteiger partial charge in [0.1, 0.15) is 11.3 Å². The van der Waals surface area contributed by atoms with E-state index in [0.29, 0.717) is 11.6 Å². The van der Waals surface area contributed by atoms with Crippen LogP contribution in [0.4, 0.5) is 5.69 Å². The van der Waals surface area contributed by atoms with Gasteiger partial charge < -0.3 is 10.5 Å². The van der Waals surface area contributed by atoms with Gasteiger partial charge in [-0.25, -0.2) is 4.68 Å². The van der Waals surface area contributed by atoms with Crippen LogP contribution in [0.5, 0.6) is 5.88 Å². The summed E-state index contributed by atoms with van der Waals surface area (Å²) in [6.45, 7) is 8.32. The molecule has 16 heavy (non-hydrogen) atoms. The van der Waals surface area contributed by atoms with Crippen molar-refractivity contribution in [1.29, 1.82) is 0 Å². The molecule has 0 unspecified atom stereocenters. The number of nitrogens with two attached hydrogens (primary N) is 1. The fraction of sp³-hybridized carbons (Fsp3) is 0.750. The van der Waals surface area contributed by atoms with E-state index < -0.39 is 0 Å². The molecule has 0 aliphatic heterocycles. The van der Waals surface area contributed by atoms with E-state index in [1.807, 2.05) is 7.05 Å². The Kier molecular flexibility index (Phi) is 3.83. The van der Waals surface area contributed by atoms with Crippen LogP contribution in [0.3, 0.4) is 0 Å². The van der Waals surface area contributed by atoms with E-state index in [0.717, 1.165) is 25.0 Å². The van der Waals surface area contributed by atoms with Gasteiger partial charge in [-0.1, -0.05) is 20.3 Å². The summed E-state index contributed by atoms with van der Waals surface area (Å²) in [5.74, 6) is 0.690. The molecule has 92 valence electrons. The summed E-state index contributed by atoms with van der Waals surface area (Å²) in [6.07, 6.45) is 2.87. The minimum Gasteiger partial charge on any atom is -0.470 e. The first kappa shape index (κ1) is 12.9. The van der Waals surface area contributed by atoms with Crippen LogP contribution < -0.4 is 10.5 Å². The predicted octanol–water partition coefficient (Wildman–Crippen LogP) is 2.52. The summed E-state index contributed by atoms with van der Waals surface area (Å²) < 4.78 is 7.65. The molecule has 2 N–H and O–H groups in total. The monoisotopic (exact) mass is 225 g/mol. The topological polar surface area (TPSA) is 53.1 Å². The molecule has 0 saturated carbocycles. The van der Waals surface area contributed by atoms with Gasteiger partial charge in [-0.2, -0.15) is 5.10 Å². The van der Waals surface area contributed by atoms with E-state index in [1.165, 1.54) is 0 Å². The molecule has 1 rings (SSSR count). The molecule has 1 aromatic rings. The van der Waals surface area contributed by atoms with Gasteiger partial charge in [-0.15, -0.1) is 0 Å². The Balaban J connectivity index is 2.96. The molecule has 0 radical (unpaired) electrons. The molecule has 0 saturated heterocycles. The Morgan fingerprint density at radius 3 is 2.50 bits per heavy atom. The number of hydrogen-bond acceptors (Lipinski definition) is 3. The fourth-order valence-corrected chi connectivity index (χ4v) is 1.45. The molecular formula is C12H23N3O. The minimum atomic E-state index is -0.203. The second-order valence-corrected chi connectivity index (χ2v) is 4.75. The summed E-state index contributed by atoms with van der Waals surface area (Å²) in [5, 5.41) is 4.39. The zero-order chi connectivity index (χ0) is 12.3. The number of anilines is 1. The van der Waals surface area contributed by atoms with Crippen LogP contribution in [0.15, 0.2) is 0 Å². The summed E-state index contributed by atoms with van der Waals surface area (Å²) >= 11 is 0. The lowest BCUT2D eigenvalue weighted by Crippen LogP contribution is -2.28. The summed E-state index contributed by atoms with van der Waals surface area (Å²) in [4.78, 5) is 0.